The molecule has 0 aromatic carbocycles. The molecule has 0 spiro atoms. The molecule has 21 heavy (non-hydrogen) atoms. The highest BCUT2D eigenvalue weighted by Crippen LogP contribution is 2.12. The largest absolute Gasteiger partial charge is 0.480 e. The van der Waals surface area contributed by atoms with E-state index in [9.17, 15) is 19.5 Å². The van der Waals surface area contributed by atoms with Crippen molar-refractivity contribution in [3.05, 3.63) is 0 Å². The summed E-state index contributed by atoms with van der Waals surface area (Å²) in [5.74, 6) is -0.878. The minimum atomic E-state index is -1.10. The molecule has 1 rings (SSSR count). The van der Waals surface area contributed by atoms with Gasteiger partial charge < -0.3 is 15.3 Å². The number of rotatable bonds is 5. The van der Waals surface area contributed by atoms with E-state index in [4.69, 9.17) is 0 Å². The maximum absolute atomic E-state index is 12.6. The van der Waals surface area contributed by atoms with Gasteiger partial charge in [-0.25, -0.2) is 9.59 Å². The van der Waals surface area contributed by atoms with Gasteiger partial charge in [-0.3, -0.25) is 9.69 Å². The van der Waals surface area contributed by atoms with Gasteiger partial charge in [-0.1, -0.05) is 27.7 Å². The molecule has 7 nitrogen and oxygen atoms in total. The predicted octanol–water partition coefficient (Wildman–Crippen LogP) is 0.605. The summed E-state index contributed by atoms with van der Waals surface area (Å²) in [6, 6.07) is -1.38. The van der Waals surface area contributed by atoms with Crippen LogP contribution in [0.2, 0.25) is 0 Å². The van der Waals surface area contributed by atoms with Crippen LogP contribution in [-0.2, 0) is 9.59 Å². The Bertz CT molecular complexity index is 399. The molecule has 0 aromatic heterocycles. The molecule has 1 aliphatic heterocycles. The van der Waals surface area contributed by atoms with Gasteiger partial charge in [0.15, 0.2) is 0 Å². The SMILES string of the molecule is CC(C)CN(CC(C)C)C(=O)N1CC(=O)NCC1C(=O)O. The highest BCUT2D eigenvalue weighted by molar-refractivity contribution is 5.90. The van der Waals surface area contributed by atoms with E-state index in [1.807, 2.05) is 27.7 Å². The summed E-state index contributed by atoms with van der Waals surface area (Å²) in [6.07, 6.45) is 0. The molecule has 1 saturated heterocycles. The van der Waals surface area contributed by atoms with Crippen molar-refractivity contribution in [1.29, 1.82) is 0 Å². The molecule has 3 amide bonds. The van der Waals surface area contributed by atoms with Crippen LogP contribution in [0.4, 0.5) is 4.79 Å². The minimum absolute atomic E-state index is 0.0445. The van der Waals surface area contributed by atoms with E-state index in [1.165, 1.54) is 0 Å². The van der Waals surface area contributed by atoms with Crippen molar-refractivity contribution in [3.8, 4) is 0 Å². The third-order valence-corrected chi connectivity index (χ3v) is 3.16. The number of nitrogens with one attached hydrogen (secondary N) is 1. The van der Waals surface area contributed by atoms with Crippen LogP contribution in [-0.4, -0.2) is 65.0 Å². The first-order valence-corrected chi connectivity index (χ1v) is 7.27. The van der Waals surface area contributed by atoms with Crippen LogP contribution in [0.3, 0.4) is 0 Å². The average molecular weight is 299 g/mol. The van der Waals surface area contributed by atoms with Gasteiger partial charge in [-0.05, 0) is 11.8 Å². The summed E-state index contributed by atoms with van der Waals surface area (Å²) in [6.45, 7) is 8.83. The summed E-state index contributed by atoms with van der Waals surface area (Å²) in [5, 5.41) is 11.7. The molecule has 2 N–H and O–H groups in total. The van der Waals surface area contributed by atoms with Crippen LogP contribution >= 0.6 is 0 Å². The monoisotopic (exact) mass is 299 g/mol. The Morgan fingerprint density at radius 2 is 1.81 bits per heavy atom. The average Bonchev–Trinajstić information content (AvgIpc) is 2.35. The van der Waals surface area contributed by atoms with E-state index in [2.05, 4.69) is 5.32 Å². The van der Waals surface area contributed by atoms with Gasteiger partial charge in [-0.2, -0.15) is 0 Å². The van der Waals surface area contributed by atoms with Crippen LogP contribution in [0, 0.1) is 11.8 Å². The molecule has 120 valence electrons. The Morgan fingerprint density at radius 1 is 1.29 bits per heavy atom. The Balaban J connectivity index is 2.91. The number of aliphatic carboxylic acids is 1. The number of carbonyl (C=O) groups is 3. The smallest absolute Gasteiger partial charge is 0.328 e. The minimum Gasteiger partial charge on any atom is -0.480 e. The van der Waals surface area contributed by atoms with E-state index in [0.717, 1.165) is 4.90 Å². The van der Waals surface area contributed by atoms with Crippen LogP contribution in [0.5, 0.6) is 0 Å². The van der Waals surface area contributed by atoms with E-state index >= 15 is 0 Å². The molecule has 1 heterocycles. The maximum atomic E-state index is 12.6. The quantitative estimate of drug-likeness (QED) is 0.778. The molecular weight excluding hydrogens is 274 g/mol. The number of carboxylic acid groups (broad SMARTS) is 1. The Hall–Kier alpha value is -1.79. The van der Waals surface area contributed by atoms with Crippen LogP contribution in [0.1, 0.15) is 27.7 Å². The number of urea groups is 1. The number of carboxylic acids is 1. The van der Waals surface area contributed by atoms with Gasteiger partial charge in [0.25, 0.3) is 0 Å². The highest BCUT2D eigenvalue weighted by atomic mass is 16.4. The standard InChI is InChI=1S/C14H25N3O4/c1-9(2)6-16(7-10(3)4)14(21)17-8-12(18)15-5-11(17)13(19)20/h9-11H,5-8H2,1-4H3,(H,15,18)(H,19,20). The van der Waals surface area contributed by atoms with Gasteiger partial charge >= 0.3 is 12.0 Å². The van der Waals surface area contributed by atoms with Crippen molar-refractivity contribution in [3.63, 3.8) is 0 Å². The van der Waals surface area contributed by atoms with Gasteiger partial charge in [0, 0.05) is 19.6 Å². The topological polar surface area (TPSA) is 90.0 Å². The van der Waals surface area contributed by atoms with Crippen LogP contribution in [0.25, 0.3) is 0 Å². The molecule has 1 aliphatic rings. The molecular formula is C14H25N3O4. The molecule has 0 bridgehead atoms. The normalized spacial score (nSPS) is 18.9. The molecule has 0 aromatic rings. The first kappa shape index (κ1) is 17.3. The lowest BCUT2D eigenvalue weighted by Gasteiger charge is -2.37. The van der Waals surface area contributed by atoms with Crippen molar-refractivity contribution in [2.24, 2.45) is 11.8 Å². The number of amides is 3. The number of hydrogen-bond acceptors (Lipinski definition) is 3. The summed E-state index contributed by atoms with van der Waals surface area (Å²) in [5.41, 5.74) is 0. The fraction of sp³-hybridized carbons (Fsp3) is 0.786. The Morgan fingerprint density at radius 3 is 2.24 bits per heavy atom. The van der Waals surface area contributed by atoms with Crippen molar-refractivity contribution in [2.45, 2.75) is 33.7 Å². The Labute approximate surface area is 125 Å². The van der Waals surface area contributed by atoms with Crippen molar-refractivity contribution < 1.29 is 19.5 Å². The number of piperazine rings is 1. The predicted molar refractivity (Wildman–Crippen MR) is 77.8 cm³/mol. The van der Waals surface area contributed by atoms with E-state index in [1.54, 1.807) is 4.90 Å². The third kappa shape index (κ3) is 4.91. The lowest BCUT2D eigenvalue weighted by molar-refractivity contribution is -0.144. The second-order valence-corrected chi connectivity index (χ2v) is 6.26. The molecule has 0 radical (unpaired) electrons. The zero-order chi connectivity index (χ0) is 16.2. The van der Waals surface area contributed by atoms with Crippen molar-refractivity contribution >= 4 is 17.9 Å². The lowest BCUT2D eigenvalue weighted by atomic mass is 10.1. The van der Waals surface area contributed by atoms with Gasteiger partial charge in [0.2, 0.25) is 5.91 Å². The second kappa shape index (κ2) is 7.28. The summed E-state index contributed by atoms with van der Waals surface area (Å²) in [4.78, 5) is 38.2. The molecule has 0 saturated carbocycles. The maximum Gasteiger partial charge on any atom is 0.328 e. The molecule has 1 fully saturated rings. The Kier molecular flexibility index (Phi) is 5.99. The molecule has 7 heteroatoms. The number of nitrogens with zero attached hydrogens (tertiary/aromatic N) is 2. The zero-order valence-corrected chi connectivity index (χ0v) is 13.1. The number of carbonyl (C=O) groups excluding carboxylic acids is 2. The lowest BCUT2D eigenvalue weighted by Crippen LogP contribution is -2.62. The van der Waals surface area contributed by atoms with E-state index in [0.29, 0.717) is 13.1 Å². The van der Waals surface area contributed by atoms with Crippen LogP contribution in [0.15, 0.2) is 0 Å². The van der Waals surface area contributed by atoms with Gasteiger partial charge in [0.1, 0.15) is 12.6 Å². The number of hydrogen-bond donors (Lipinski definition) is 2. The first-order valence-electron chi connectivity index (χ1n) is 7.27. The molecule has 1 unspecified atom stereocenters. The summed E-state index contributed by atoms with van der Waals surface area (Å²) in [7, 11) is 0. The summed E-state index contributed by atoms with van der Waals surface area (Å²) < 4.78 is 0. The first-order chi connectivity index (χ1) is 9.72. The van der Waals surface area contributed by atoms with E-state index in [-0.39, 0.29) is 36.9 Å². The highest BCUT2D eigenvalue weighted by Gasteiger charge is 2.37. The van der Waals surface area contributed by atoms with Crippen LogP contribution < -0.4 is 5.32 Å². The molecule has 0 aliphatic carbocycles. The van der Waals surface area contributed by atoms with Crippen molar-refractivity contribution in [1.82, 2.24) is 15.1 Å². The second-order valence-electron chi connectivity index (χ2n) is 6.26. The molecule has 1 atom stereocenters. The zero-order valence-electron chi connectivity index (χ0n) is 13.1. The third-order valence-electron chi connectivity index (χ3n) is 3.16. The van der Waals surface area contributed by atoms with E-state index < -0.39 is 12.0 Å². The van der Waals surface area contributed by atoms with Crippen molar-refractivity contribution in [2.75, 3.05) is 26.2 Å². The fourth-order valence-electron chi connectivity index (χ4n) is 2.36. The van der Waals surface area contributed by atoms with Gasteiger partial charge in [0.05, 0.1) is 0 Å². The summed E-state index contributed by atoms with van der Waals surface area (Å²) >= 11 is 0. The van der Waals surface area contributed by atoms with Gasteiger partial charge in [-0.15, -0.1) is 0 Å². The fourth-order valence-corrected chi connectivity index (χ4v) is 2.36.